The molecule has 258 valence electrons. The molecule has 4 aromatic rings. The highest BCUT2D eigenvalue weighted by Gasteiger charge is 2.27. The Balaban J connectivity index is 1.23. The summed E-state index contributed by atoms with van der Waals surface area (Å²) in [5.74, 6) is -2.60. The van der Waals surface area contributed by atoms with Crippen LogP contribution < -0.4 is 10.2 Å². The van der Waals surface area contributed by atoms with Gasteiger partial charge in [0.2, 0.25) is 0 Å². The molecular formula is C38H44FN5O5. The van der Waals surface area contributed by atoms with E-state index in [0.717, 1.165) is 34.0 Å². The lowest BCUT2D eigenvalue weighted by Crippen LogP contribution is -2.43. The molecule has 1 atom stereocenters. The second-order valence-electron chi connectivity index (χ2n) is 13.1. The van der Waals surface area contributed by atoms with Crippen molar-refractivity contribution in [1.82, 2.24) is 20.1 Å². The van der Waals surface area contributed by atoms with Crippen LogP contribution in [0.2, 0.25) is 0 Å². The summed E-state index contributed by atoms with van der Waals surface area (Å²) in [7, 11) is 4.08. The Bertz CT molecular complexity index is 1790. The van der Waals surface area contributed by atoms with Crippen LogP contribution in [0.1, 0.15) is 38.2 Å². The van der Waals surface area contributed by atoms with Crippen LogP contribution in [0.15, 0.2) is 67.0 Å². The fourth-order valence-corrected chi connectivity index (χ4v) is 6.73. The summed E-state index contributed by atoms with van der Waals surface area (Å²) in [4.78, 5) is 36.9. The van der Waals surface area contributed by atoms with Gasteiger partial charge in [-0.05, 0) is 78.0 Å². The van der Waals surface area contributed by atoms with Crippen LogP contribution in [0.5, 0.6) is 0 Å². The number of hydrogen-bond acceptors (Lipinski definition) is 8. The zero-order chi connectivity index (χ0) is 34.3. The third kappa shape index (κ3) is 8.79. The standard InChI is InChI=1S/C38H44FN5O5/c1-42(2)24-28-18-29-6-7-40-23-33(29)30(19-28)17-26-4-3-5-27(16-26)20-35(38(46)47)41-37(45)36-31(25-43-8-12-48-13-9-43)21-32(22-34(36)39)44-10-14-49-15-11-44/h3-7,16,18-19,21-23,35H,8-15,17,20,24-25H2,1-2H3,(H,41,45)(H,46,47). The molecule has 10 nitrogen and oxygen atoms in total. The first kappa shape index (κ1) is 34.4. The third-order valence-electron chi connectivity index (χ3n) is 9.09. The van der Waals surface area contributed by atoms with Crippen molar-refractivity contribution in [3.05, 3.63) is 106 Å². The van der Waals surface area contributed by atoms with E-state index in [1.54, 1.807) is 6.20 Å². The largest absolute Gasteiger partial charge is 0.480 e. The van der Waals surface area contributed by atoms with E-state index < -0.39 is 23.7 Å². The van der Waals surface area contributed by atoms with E-state index in [4.69, 9.17) is 9.47 Å². The van der Waals surface area contributed by atoms with Crippen molar-refractivity contribution < 1.29 is 28.6 Å². The first-order chi connectivity index (χ1) is 23.7. The van der Waals surface area contributed by atoms with E-state index in [0.29, 0.717) is 76.8 Å². The van der Waals surface area contributed by atoms with E-state index in [9.17, 15) is 14.7 Å². The number of anilines is 1. The molecule has 0 aliphatic carbocycles. The number of morpholine rings is 2. The number of benzene rings is 3. The molecule has 0 bridgehead atoms. The first-order valence-corrected chi connectivity index (χ1v) is 16.8. The summed E-state index contributed by atoms with van der Waals surface area (Å²) in [6.07, 6.45) is 4.35. The van der Waals surface area contributed by atoms with Crippen LogP contribution in [0.4, 0.5) is 10.1 Å². The Kier molecular flexibility index (Phi) is 11.1. The first-order valence-electron chi connectivity index (χ1n) is 16.8. The molecule has 11 heteroatoms. The fraction of sp³-hybridized carbons (Fsp3) is 0.395. The van der Waals surface area contributed by atoms with Crippen LogP contribution in [0.3, 0.4) is 0 Å². The number of pyridine rings is 1. The lowest BCUT2D eigenvalue weighted by atomic mass is 9.95. The molecule has 3 aromatic carbocycles. The summed E-state index contributed by atoms with van der Waals surface area (Å²) < 4.78 is 26.9. The van der Waals surface area contributed by atoms with Gasteiger partial charge in [0.25, 0.3) is 5.91 Å². The Morgan fingerprint density at radius 3 is 2.41 bits per heavy atom. The molecule has 2 aliphatic heterocycles. The molecule has 2 fully saturated rings. The number of ether oxygens (including phenoxy) is 2. The summed E-state index contributed by atoms with van der Waals surface area (Å²) in [6.45, 7) is 5.91. The summed E-state index contributed by atoms with van der Waals surface area (Å²) in [5, 5.41) is 15.0. The lowest BCUT2D eigenvalue weighted by molar-refractivity contribution is -0.139. The lowest BCUT2D eigenvalue weighted by Gasteiger charge is -2.31. The summed E-state index contributed by atoms with van der Waals surface area (Å²) in [5.41, 5.74) is 5.18. The van der Waals surface area contributed by atoms with E-state index in [1.165, 1.54) is 11.6 Å². The van der Waals surface area contributed by atoms with Gasteiger partial charge >= 0.3 is 5.97 Å². The maximum atomic E-state index is 15.9. The van der Waals surface area contributed by atoms with E-state index in [1.807, 2.05) is 61.6 Å². The quantitative estimate of drug-likeness (QED) is 0.231. The van der Waals surface area contributed by atoms with Crippen molar-refractivity contribution >= 4 is 28.3 Å². The highest BCUT2D eigenvalue weighted by atomic mass is 19.1. The number of halogens is 1. The summed E-state index contributed by atoms with van der Waals surface area (Å²) >= 11 is 0. The molecule has 1 aromatic heterocycles. The minimum Gasteiger partial charge on any atom is -0.480 e. The van der Waals surface area contributed by atoms with Gasteiger partial charge in [-0.1, -0.05) is 30.3 Å². The van der Waals surface area contributed by atoms with Crippen molar-refractivity contribution in [2.45, 2.75) is 32.0 Å². The van der Waals surface area contributed by atoms with Crippen LogP contribution in [-0.4, -0.2) is 105 Å². The van der Waals surface area contributed by atoms with Gasteiger partial charge < -0.3 is 29.7 Å². The normalized spacial score (nSPS) is 16.2. The van der Waals surface area contributed by atoms with Gasteiger partial charge in [0, 0.05) is 69.2 Å². The number of carbonyl (C=O) groups excluding carboxylic acids is 1. The van der Waals surface area contributed by atoms with Crippen molar-refractivity contribution in [2.75, 3.05) is 71.6 Å². The van der Waals surface area contributed by atoms with Gasteiger partial charge in [-0.25, -0.2) is 9.18 Å². The monoisotopic (exact) mass is 669 g/mol. The average molecular weight is 670 g/mol. The van der Waals surface area contributed by atoms with Crippen LogP contribution >= 0.6 is 0 Å². The fourth-order valence-electron chi connectivity index (χ4n) is 6.73. The number of carboxylic acids is 1. The number of carbonyl (C=O) groups is 2. The zero-order valence-electron chi connectivity index (χ0n) is 28.2. The third-order valence-corrected chi connectivity index (χ3v) is 9.09. The number of rotatable bonds is 12. The average Bonchev–Trinajstić information content (AvgIpc) is 3.08. The predicted molar refractivity (Wildman–Crippen MR) is 187 cm³/mol. The van der Waals surface area contributed by atoms with E-state index in [-0.39, 0.29) is 12.0 Å². The highest BCUT2D eigenvalue weighted by Crippen LogP contribution is 2.27. The number of nitrogens with zero attached hydrogens (tertiary/aromatic N) is 4. The molecule has 6 rings (SSSR count). The molecule has 1 unspecified atom stereocenters. The van der Waals surface area contributed by atoms with Crippen molar-refractivity contribution in [1.29, 1.82) is 0 Å². The van der Waals surface area contributed by atoms with Gasteiger partial charge in [0.1, 0.15) is 11.9 Å². The van der Waals surface area contributed by atoms with Gasteiger partial charge in [-0.2, -0.15) is 0 Å². The van der Waals surface area contributed by atoms with Gasteiger partial charge in [-0.15, -0.1) is 0 Å². The molecule has 49 heavy (non-hydrogen) atoms. The molecule has 2 aliphatic rings. The molecule has 2 N–H and O–H groups in total. The Morgan fingerprint density at radius 1 is 0.939 bits per heavy atom. The van der Waals surface area contributed by atoms with Crippen molar-refractivity contribution in [3.63, 3.8) is 0 Å². The number of aromatic nitrogens is 1. The second kappa shape index (κ2) is 15.9. The van der Waals surface area contributed by atoms with Crippen LogP contribution in [-0.2, 0) is 40.2 Å². The molecule has 1 amide bonds. The Labute approximate surface area is 286 Å². The SMILES string of the molecule is CN(C)Cc1cc(Cc2cccc(CC(NC(=O)c3c(F)cc(N4CCOCC4)cc3CN3CCOCC3)C(=O)O)c2)c2cnccc2c1. The maximum absolute atomic E-state index is 15.9. The smallest absolute Gasteiger partial charge is 0.326 e. The number of nitrogens with one attached hydrogen (secondary N) is 1. The number of hydrogen-bond donors (Lipinski definition) is 2. The Morgan fingerprint density at radius 2 is 1.67 bits per heavy atom. The maximum Gasteiger partial charge on any atom is 0.326 e. The highest BCUT2D eigenvalue weighted by molar-refractivity contribution is 5.98. The molecule has 3 heterocycles. The number of fused-ring (bicyclic) bond motifs is 1. The molecule has 0 saturated carbocycles. The number of aliphatic carboxylic acids is 1. The van der Waals surface area contributed by atoms with E-state index in [2.05, 4.69) is 32.2 Å². The van der Waals surface area contributed by atoms with Crippen LogP contribution in [0.25, 0.3) is 10.8 Å². The van der Waals surface area contributed by atoms with Crippen LogP contribution in [0, 0.1) is 5.82 Å². The minimum absolute atomic E-state index is 0.0458. The molecular weight excluding hydrogens is 625 g/mol. The zero-order valence-corrected chi connectivity index (χ0v) is 28.2. The van der Waals surface area contributed by atoms with E-state index >= 15 is 4.39 Å². The topological polar surface area (TPSA) is 107 Å². The molecule has 0 radical (unpaired) electrons. The minimum atomic E-state index is -1.26. The molecule has 2 saturated heterocycles. The number of carboxylic acid groups (broad SMARTS) is 1. The van der Waals surface area contributed by atoms with Gasteiger partial charge in [0.15, 0.2) is 0 Å². The van der Waals surface area contributed by atoms with Gasteiger partial charge in [0.05, 0.1) is 32.0 Å². The second-order valence-corrected chi connectivity index (χ2v) is 13.1. The molecule has 0 spiro atoms. The predicted octanol–water partition coefficient (Wildman–Crippen LogP) is 4.12. The van der Waals surface area contributed by atoms with Gasteiger partial charge in [-0.3, -0.25) is 14.7 Å². The Hall–Kier alpha value is -4.42. The van der Waals surface area contributed by atoms with Crippen molar-refractivity contribution in [2.24, 2.45) is 0 Å². The van der Waals surface area contributed by atoms with Crippen molar-refractivity contribution in [3.8, 4) is 0 Å². The number of amides is 1. The summed E-state index contributed by atoms with van der Waals surface area (Å²) in [6, 6.07) is 16.1.